The number of hydrogen-bond donors (Lipinski definition) is 0. The summed E-state index contributed by atoms with van der Waals surface area (Å²) in [6.45, 7) is 1.87. The molecule has 4 heterocycles. The van der Waals surface area contributed by atoms with E-state index >= 15 is 0 Å². The molecule has 0 radical (unpaired) electrons. The van der Waals surface area contributed by atoms with E-state index in [2.05, 4.69) is 9.88 Å². The molecule has 1 amide bonds. The van der Waals surface area contributed by atoms with Crippen LogP contribution in [0.15, 0.2) is 41.4 Å². The molecule has 2 aromatic heterocycles. The van der Waals surface area contributed by atoms with Crippen molar-refractivity contribution in [1.29, 1.82) is 0 Å². The Labute approximate surface area is 151 Å². The first-order valence-corrected chi connectivity index (χ1v) is 11.0. The van der Waals surface area contributed by atoms with Crippen molar-refractivity contribution in [3.05, 3.63) is 52.5 Å². The second-order valence-electron chi connectivity index (χ2n) is 6.55. The van der Waals surface area contributed by atoms with Gasteiger partial charge in [-0.1, -0.05) is 6.07 Å². The van der Waals surface area contributed by atoms with Crippen LogP contribution in [-0.4, -0.2) is 65.8 Å². The van der Waals surface area contributed by atoms with E-state index in [1.807, 2.05) is 22.9 Å². The number of amides is 1. The summed E-state index contributed by atoms with van der Waals surface area (Å²) in [5.74, 6) is 0.108. The number of hydrogen-bond acceptors (Lipinski definition) is 6. The van der Waals surface area contributed by atoms with Crippen molar-refractivity contribution in [3.63, 3.8) is 0 Å². The molecule has 2 saturated heterocycles. The van der Waals surface area contributed by atoms with Crippen molar-refractivity contribution < 1.29 is 13.2 Å². The van der Waals surface area contributed by atoms with E-state index in [9.17, 15) is 13.2 Å². The fraction of sp³-hybridized carbons (Fsp3) is 0.412. The molecule has 2 fully saturated rings. The molecule has 0 saturated carbocycles. The number of rotatable bonds is 3. The minimum atomic E-state index is -3.14. The summed E-state index contributed by atoms with van der Waals surface area (Å²) in [7, 11) is -3.14. The molecule has 0 N–H and O–H groups in total. The predicted molar refractivity (Wildman–Crippen MR) is 96.2 cm³/mol. The van der Waals surface area contributed by atoms with Gasteiger partial charge in [0.1, 0.15) is 0 Å². The first-order chi connectivity index (χ1) is 12.0. The van der Waals surface area contributed by atoms with Gasteiger partial charge in [0.15, 0.2) is 9.84 Å². The second kappa shape index (κ2) is 6.51. The first-order valence-electron chi connectivity index (χ1n) is 8.20. The van der Waals surface area contributed by atoms with Crippen LogP contribution in [0.3, 0.4) is 0 Å². The van der Waals surface area contributed by atoms with Crippen LogP contribution in [-0.2, 0) is 16.4 Å². The van der Waals surface area contributed by atoms with E-state index in [1.165, 1.54) is 11.3 Å². The highest BCUT2D eigenvalue weighted by atomic mass is 32.2. The molecule has 0 aromatic carbocycles. The third kappa shape index (κ3) is 3.33. The first kappa shape index (κ1) is 16.7. The maximum Gasteiger partial charge on any atom is 0.255 e. The highest BCUT2D eigenvalue weighted by Gasteiger charge is 2.48. The minimum Gasteiger partial charge on any atom is -0.332 e. The van der Waals surface area contributed by atoms with Gasteiger partial charge in [-0.25, -0.2) is 8.42 Å². The fourth-order valence-corrected chi connectivity index (χ4v) is 6.39. The average molecular weight is 377 g/mol. The summed E-state index contributed by atoms with van der Waals surface area (Å²) in [4.78, 5) is 20.9. The van der Waals surface area contributed by atoms with Crippen LogP contribution in [0.25, 0.3) is 0 Å². The number of pyridine rings is 1. The number of sulfone groups is 1. The molecule has 0 aliphatic carbocycles. The quantitative estimate of drug-likeness (QED) is 0.806. The van der Waals surface area contributed by atoms with Gasteiger partial charge in [0.05, 0.1) is 23.1 Å². The Morgan fingerprint density at radius 2 is 2.08 bits per heavy atom. The molecule has 0 bridgehead atoms. The number of aromatic nitrogens is 1. The zero-order chi connectivity index (χ0) is 17.4. The number of thiophene rings is 1. The summed E-state index contributed by atoms with van der Waals surface area (Å²) in [6, 6.07) is 5.25. The summed E-state index contributed by atoms with van der Waals surface area (Å²) < 4.78 is 24.5. The van der Waals surface area contributed by atoms with Gasteiger partial charge in [-0.3, -0.25) is 14.7 Å². The third-order valence-electron chi connectivity index (χ3n) is 4.93. The van der Waals surface area contributed by atoms with Crippen molar-refractivity contribution in [2.75, 3.05) is 24.6 Å². The lowest BCUT2D eigenvalue weighted by Crippen LogP contribution is -2.60. The summed E-state index contributed by atoms with van der Waals surface area (Å²) in [5.41, 5.74) is 1.71. The van der Waals surface area contributed by atoms with Crippen LogP contribution in [0.1, 0.15) is 15.9 Å². The van der Waals surface area contributed by atoms with Gasteiger partial charge in [-0.15, -0.1) is 0 Å². The van der Waals surface area contributed by atoms with Gasteiger partial charge in [-0.2, -0.15) is 11.3 Å². The van der Waals surface area contributed by atoms with Crippen molar-refractivity contribution in [3.8, 4) is 0 Å². The lowest BCUT2D eigenvalue weighted by atomic mass is 10.0. The Morgan fingerprint density at radius 1 is 1.24 bits per heavy atom. The molecule has 2 aliphatic heterocycles. The highest BCUT2D eigenvalue weighted by Crippen LogP contribution is 2.29. The fourth-order valence-electron chi connectivity index (χ4n) is 3.75. The van der Waals surface area contributed by atoms with Gasteiger partial charge in [-0.05, 0) is 23.1 Å². The Balaban J connectivity index is 1.59. The molecule has 2 aliphatic rings. The minimum absolute atomic E-state index is 0.0527. The van der Waals surface area contributed by atoms with E-state index in [0.29, 0.717) is 25.2 Å². The molecule has 25 heavy (non-hydrogen) atoms. The van der Waals surface area contributed by atoms with Gasteiger partial charge in [0.2, 0.25) is 0 Å². The monoisotopic (exact) mass is 377 g/mol. The second-order valence-corrected chi connectivity index (χ2v) is 9.49. The smallest absolute Gasteiger partial charge is 0.255 e. The Kier molecular flexibility index (Phi) is 4.35. The predicted octanol–water partition coefficient (Wildman–Crippen LogP) is 1.27. The van der Waals surface area contributed by atoms with Crippen molar-refractivity contribution in [2.24, 2.45) is 0 Å². The van der Waals surface area contributed by atoms with Crippen LogP contribution >= 0.6 is 11.3 Å². The number of carbonyl (C=O) groups excluding carboxylic acids is 1. The van der Waals surface area contributed by atoms with Gasteiger partial charge in [0, 0.05) is 43.4 Å². The lowest BCUT2D eigenvalue weighted by Gasteiger charge is -2.43. The molecule has 0 spiro atoms. The molecular formula is C17H19N3O3S2. The van der Waals surface area contributed by atoms with Crippen molar-refractivity contribution >= 4 is 27.1 Å². The van der Waals surface area contributed by atoms with Crippen molar-refractivity contribution in [1.82, 2.24) is 14.8 Å². The Bertz CT molecular complexity index is 853. The molecule has 4 rings (SSSR count). The number of nitrogens with zero attached hydrogens (tertiary/aromatic N) is 3. The van der Waals surface area contributed by atoms with Crippen LogP contribution < -0.4 is 0 Å². The summed E-state index contributed by atoms with van der Waals surface area (Å²) in [6.07, 6.45) is 3.53. The normalized spacial score (nSPS) is 25.7. The molecule has 2 unspecified atom stereocenters. The standard InChI is InChI=1S/C17H19N3O3S2/c21-17(14-3-7-24-10-14)20-6-5-19(9-13-2-1-4-18-8-13)15-11-25(22,23)12-16(15)20/h1-4,7-8,10,15-16H,5-6,9,11-12H2. The molecule has 2 atom stereocenters. The Hall–Kier alpha value is -1.77. The zero-order valence-corrected chi connectivity index (χ0v) is 15.2. The van der Waals surface area contributed by atoms with Crippen LogP contribution in [0.5, 0.6) is 0 Å². The Morgan fingerprint density at radius 3 is 2.80 bits per heavy atom. The number of piperazine rings is 1. The molecular weight excluding hydrogens is 358 g/mol. The molecule has 2 aromatic rings. The SMILES string of the molecule is O=C(c1ccsc1)N1CCN(Cc2cccnc2)C2CS(=O)(=O)CC21. The molecule has 8 heteroatoms. The topological polar surface area (TPSA) is 70.6 Å². The largest absolute Gasteiger partial charge is 0.332 e. The van der Waals surface area contributed by atoms with Gasteiger partial charge < -0.3 is 4.90 Å². The maximum absolute atomic E-state index is 12.8. The van der Waals surface area contributed by atoms with Crippen LogP contribution in [0.2, 0.25) is 0 Å². The van der Waals surface area contributed by atoms with E-state index in [-0.39, 0.29) is 29.5 Å². The van der Waals surface area contributed by atoms with Crippen molar-refractivity contribution in [2.45, 2.75) is 18.6 Å². The maximum atomic E-state index is 12.8. The number of fused-ring (bicyclic) bond motifs is 1. The van der Waals surface area contributed by atoms with E-state index in [4.69, 9.17) is 0 Å². The highest BCUT2D eigenvalue weighted by molar-refractivity contribution is 7.91. The van der Waals surface area contributed by atoms with Gasteiger partial charge in [0.25, 0.3) is 5.91 Å². The average Bonchev–Trinajstić information content (AvgIpc) is 3.22. The third-order valence-corrected chi connectivity index (χ3v) is 7.31. The zero-order valence-electron chi connectivity index (χ0n) is 13.6. The van der Waals surface area contributed by atoms with E-state index in [0.717, 1.165) is 5.56 Å². The van der Waals surface area contributed by atoms with E-state index in [1.54, 1.807) is 23.4 Å². The van der Waals surface area contributed by atoms with Gasteiger partial charge >= 0.3 is 0 Å². The number of carbonyl (C=O) groups is 1. The van der Waals surface area contributed by atoms with E-state index < -0.39 is 9.84 Å². The molecule has 132 valence electrons. The summed E-state index contributed by atoms with van der Waals surface area (Å²) >= 11 is 1.48. The molecule has 6 nitrogen and oxygen atoms in total. The van der Waals surface area contributed by atoms with Crippen LogP contribution in [0.4, 0.5) is 0 Å². The lowest BCUT2D eigenvalue weighted by molar-refractivity contribution is 0.0306. The summed E-state index contributed by atoms with van der Waals surface area (Å²) in [5, 5.41) is 3.69. The van der Waals surface area contributed by atoms with Crippen LogP contribution in [0, 0.1) is 0 Å².